The molecule has 0 fully saturated rings. The van der Waals surface area contributed by atoms with Crippen molar-refractivity contribution in [1.29, 1.82) is 0 Å². The molecular formula is C13H29NO2. The number of ether oxygens (including phenoxy) is 1. The predicted molar refractivity (Wildman–Crippen MR) is 69.7 cm³/mol. The minimum absolute atomic E-state index is 0.164. The van der Waals surface area contributed by atoms with Crippen molar-refractivity contribution < 1.29 is 9.53 Å². The average molecular weight is 231 g/mol. The average Bonchev–Trinajstić information content (AvgIpc) is 2.27. The molecule has 0 atom stereocenters. The van der Waals surface area contributed by atoms with Gasteiger partial charge in [0.25, 0.3) is 0 Å². The molecule has 0 N–H and O–H groups in total. The molecule has 0 radical (unpaired) electrons. The summed E-state index contributed by atoms with van der Waals surface area (Å²) in [6.45, 7) is 14.4. The number of hydrogen-bond donors (Lipinski definition) is 0. The Balaban J connectivity index is 0. The lowest BCUT2D eigenvalue weighted by atomic mass is 10.2. The number of amides is 1. The molecule has 0 aliphatic heterocycles. The Hall–Kier alpha value is -0.730. The maximum Gasteiger partial charge on any atom is 0.409 e. The Labute approximate surface area is 101 Å². The van der Waals surface area contributed by atoms with E-state index >= 15 is 0 Å². The number of carbonyl (C=O) groups is 1. The number of hydrogen-bond acceptors (Lipinski definition) is 2. The van der Waals surface area contributed by atoms with Crippen LogP contribution in [-0.4, -0.2) is 30.7 Å². The van der Waals surface area contributed by atoms with E-state index in [9.17, 15) is 4.79 Å². The van der Waals surface area contributed by atoms with Crippen LogP contribution in [0.25, 0.3) is 0 Å². The van der Waals surface area contributed by atoms with Crippen LogP contribution in [-0.2, 0) is 4.74 Å². The van der Waals surface area contributed by atoms with Crippen LogP contribution in [0.15, 0.2) is 0 Å². The largest absolute Gasteiger partial charge is 0.449 e. The third-order valence-corrected chi connectivity index (χ3v) is 1.77. The Morgan fingerprint density at radius 2 is 1.75 bits per heavy atom. The zero-order chi connectivity index (χ0) is 13.0. The molecule has 0 aliphatic carbocycles. The lowest BCUT2D eigenvalue weighted by molar-refractivity contribution is 0.0979. The van der Waals surface area contributed by atoms with E-state index in [1.54, 1.807) is 4.90 Å². The van der Waals surface area contributed by atoms with Crippen LogP contribution in [0.4, 0.5) is 4.79 Å². The fraction of sp³-hybridized carbons (Fsp3) is 0.923. The van der Waals surface area contributed by atoms with Crippen LogP contribution in [0.1, 0.15) is 54.4 Å². The number of nitrogens with zero attached hydrogens (tertiary/aromatic N) is 1. The molecule has 0 rings (SSSR count). The van der Waals surface area contributed by atoms with Crippen LogP contribution >= 0.6 is 0 Å². The lowest BCUT2D eigenvalue weighted by Gasteiger charge is -2.23. The van der Waals surface area contributed by atoms with Crippen LogP contribution in [0.5, 0.6) is 0 Å². The second-order valence-electron chi connectivity index (χ2n) is 3.95. The van der Waals surface area contributed by atoms with Gasteiger partial charge in [-0.15, -0.1) is 0 Å². The van der Waals surface area contributed by atoms with E-state index in [0.29, 0.717) is 12.5 Å². The van der Waals surface area contributed by atoms with Gasteiger partial charge in [-0.3, -0.25) is 0 Å². The molecule has 0 aromatic carbocycles. The summed E-state index contributed by atoms with van der Waals surface area (Å²) >= 11 is 0. The summed E-state index contributed by atoms with van der Waals surface area (Å²) in [7, 11) is 0. The van der Waals surface area contributed by atoms with E-state index in [4.69, 9.17) is 4.74 Å². The highest BCUT2D eigenvalue weighted by Gasteiger charge is 2.14. The van der Waals surface area contributed by atoms with Crippen LogP contribution < -0.4 is 0 Å². The Morgan fingerprint density at radius 1 is 1.19 bits per heavy atom. The van der Waals surface area contributed by atoms with Crippen molar-refractivity contribution in [1.82, 2.24) is 4.90 Å². The SMILES string of the molecule is CC.CCCOC(=O)N(CCC)CC(C)C. The van der Waals surface area contributed by atoms with E-state index < -0.39 is 0 Å². The molecule has 98 valence electrons. The normalized spacial score (nSPS) is 9.44. The second-order valence-corrected chi connectivity index (χ2v) is 3.95. The van der Waals surface area contributed by atoms with Crippen molar-refractivity contribution in [3.8, 4) is 0 Å². The first kappa shape index (κ1) is 17.7. The van der Waals surface area contributed by atoms with Gasteiger partial charge < -0.3 is 9.64 Å². The summed E-state index contributed by atoms with van der Waals surface area (Å²) in [5.74, 6) is 0.496. The molecule has 0 aliphatic rings. The summed E-state index contributed by atoms with van der Waals surface area (Å²) in [5.41, 5.74) is 0. The zero-order valence-corrected chi connectivity index (χ0v) is 11.9. The molecule has 0 heterocycles. The Morgan fingerprint density at radius 3 is 2.12 bits per heavy atom. The van der Waals surface area contributed by atoms with Crippen molar-refractivity contribution >= 4 is 6.09 Å². The maximum absolute atomic E-state index is 11.5. The highest BCUT2D eigenvalue weighted by molar-refractivity contribution is 5.67. The molecule has 0 aromatic rings. The minimum Gasteiger partial charge on any atom is -0.449 e. The van der Waals surface area contributed by atoms with E-state index in [1.165, 1.54) is 0 Å². The third kappa shape index (κ3) is 9.81. The molecular weight excluding hydrogens is 202 g/mol. The van der Waals surface area contributed by atoms with E-state index in [1.807, 2.05) is 20.8 Å². The highest BCUT2D eigenvalue weighted by atomic mass is 16.6. The summed E-state index contributed by atoms with van der Waals surface area (Å²) in [6.07, 6.45) is 1.70. The maximum atomic E-state index is 11.5. The Kier molecular flexibility index (Phi) is 13.6. The van der Waals surface area contributed by atoms with Gasteiger partial charge in [-0.05, 0) is 18.8 Å². The van der Waals surface area contributed by atoms with Gasteiger partial charge in [0.05, 0.1) is 6.61 Å². The van der Waals surface area contributed by atoms with E-state index in [-0.39, 0.29) is 6.09 Å². The molecule has 16 heavy (non-hydrogen) atoms. The van der Waals surface area contributed by atoms with Gasteiger partial charge in [-0.1, -0.05) is 41.5 Å². The van der Waals surface area contributed by atoms with Crippen molar-refractivity contribution in [2.45, 2.75) is 54.4 Å². The first-order valence-corrected chi connectivity index (χ1v) is 6.53. The molecule has 0 unspecified atom stereocenters. The fourth-order valence-electron chi connectivity index (χ4n) is 1.25. The number of carbonyl (C=O) groups excluding carboxylic acids is 1. The van der Waals surface area contributed by atoms with Gasteiger partial charge in [0.1, 0.15) is 0 Å². The summed E-state index contributed by atoms with van der Waals surface area (Å²) in [4.78, 5) is 13.3. The van der Waals surface area contributed by atoms with E-state index in [0.717, 1.165) is 25.9 Å². The molecule has 3 heteroatoms. The van der Waals surface area contributed by atoms with Crippen molar-refractivity contribution in [3.05, 3.63) is 0 Å². The first-order chi connectivity index (χ1) is 7.61. The predicted octanol–water partition coefficient (Wildman–Crippen LogP) is 3.93. The molecule has 0 saturated carbocycles. The van der Waals surface area contributed by atoms with Gasteiger partial charge in [0.2, 0.25) is 0 Å². The molecule has 1 amide bonds. The standard InChI is InChI=1S/C11H23NO2.C2H6/c1-5-7-12(9-10(3)4)11(13)14-8-6-2;1-2/h10H,5-9H2,1-4H3;1-2H3. The molecule has 0 aromatic heterocycles. The van der Waals surface area contributed by atoms with Gasteiger partial charge in [0, 0.05) is 13.1 Å². The van der Waals surface area contributed by atoms with Gasteiger partial charge in [-0.25, -0.2) is 4.79 Å². The Bertz CT molecular complexity index is 158. The van der Waals surface area contributed by atoms with Gasteiger partial charge >= 0.3 is 6.09 Å². The van der Waals surface area contributed by atoms with Crippen molar-refractivity contribution in [3.63, 3.8) is 0 Å². The van der Waals surface area contributed by atoms with Crippen molar-refractivity contribution in [2.75, 3.05) is 19.7 Å². The molecule has 0 saturated heterocycles. The first-order valence-electron chi connectivity index (χ1n) is 6.53. The van der Waals surface area contributed by atoms with Crippen LogP contribution in [0, 0.1) is 5.92 Å². The van der Waals surface area contributed by atoms with Crippen LogP contribution in [0.3, 0.4) is 0 Å². The lowest BCUT2D eigenvalue weighted by Crippen LogP contribution is -2.35. The van der Waals surface area contributed by atoms with Gasteiger partial charge in [0.15, 0.2) is 0 Å². The fourth-order valence-corrected chi connectivity index (χ4v) is 1.25. The third-order valence-electron chi connectivity index (χ3n) is 1.77. The minimum atomic E-state index is -0.164. The second kappa shape index (κ2) is 12.3. The molecule has 3 nitrogen and oxygen atoms in total. The summed E-state index contributed by atoms with van der Waals surface area (Å²) in [6, 6.07) is 0. The molecule has 0 spiro atoms. The van der Waals surface area contributed by atoms with Crippen LogP contribution in [0.2, 0.25) is 0 Å². The summed E-state index contributed by atoms with van der Waals surface area (Å²) < 4.78 is 5.09. The van der Waals surface area contributed by atoms with E-state index in [2.05, 4.69) is 20.8 Å². The van der Waals surface area contributed by atoms with Crippen molar-refractivity contribution in [2.24, 2.45) is 5.92 Å². The quantitative estimate of drug-likeness (QED) is 0.693. The van der Waals surface area contributed by atoms with Gasteiger partial charge in [-0.2, -0.15) is 0 Å². The monoisotopic (exact) mass is 231 g/mol. The smallest absolute Gasteiger partial charge is 0.409 e. The highest BCUT2D eigenvalue weighted by Crippen LogP contribution is 2.02. The topological polar surface area (TPSA) is 29.5 Å². The zero-order valence-electron chi connectivity index (χ0n) is 11.9. The molecule has 0 bridgehead atoms. The summed E-state index contributed by atoms with van der Waals surface area (Å²) in [5, 5.41) is 0. The number of rotatable bonds is 6.